The molecule has 0 aromatic heterocycles. The summed E-state index contributed by atoms with van der Waals surface area (Å²) in [5.41, 5.74) is 0. The predicted molar refractivity (Wildman–Crippen MR) is 35.9 cm³/mol. The van der Waals surface area contributed by atoms with E-state index < -0.39 is 0 Å². The van der Waals surface area contributed by atoms with Crippen molar-refractivity contribution >= 4 is 0 Å². The number of allylic oxidation sites excluding steroid dienone is 2. The van der Waals surface area contributed by atoms with Crippen molar-refractivity contribution in [2.24, 2.45) is 0 Å². The molecule has 0 amide bonds. The van der Waals surface area contributed by atoms with Crippen LogP contribution in [0.15, 0.2) is 12.2 Å². The topological polar surface area (TPSA) is 43.1 Å². The van der Waals surface area contributed by atoms with E-state index in [-0.39, 0.29) is 11.5 Å². The SMILES string of the molecule is CC=CCCC[N+](=O)[O-]. The average Bonchev–Trinajstić information content (AvgIpc) is 1.80. The number of unbranched alkanes of at least 4 members (excludes halogenated alkanes) is 1. The summed E-state index contributed by atoms with van der Waals surface area (Å²) in [4.78, 5) is 9.46. The van der Waals surface area contributed by atoms with Crippen molar-refractivity contribution in [2.45, 2.75) is 19.8 Å². The fraction of sp³-hybridized carbons (Fsp3) is 0.667. The van der Waals surface area contributed by atoms with Crippen LogP contribution >= 0.6 is 0 Å². The molecule has 0 aromatic rings. The highest BCUT2D eigenvalue weighted by atomic mass is 16.6. The first-order chi connectivity index (χ1) is 4.27. The maximum Gasteiger partial charge on any atom is 0.204 e. The summed E-state index contributed by atoms with van der Waals surface area (Å²) in [6.45, 7) is 2.00. The summed E-state index contributed by atoms with van der Waals surface area (Å²) < 4.78 is 0. The highest BCUT2D eigenvalue weighted by molar-refractivity contribution is 4.75. The average molecular weight is 129 g/mol. The van der Waals surface area contributed by atoms with Gasteiger partial charge in [0, 0.05) is 11.3 Å². The van der Waals surface area contributed by atoms with Crippen LogP contribution in [0.25, 0.3) is 0 Å². The molecule has 0 atom stereocenters. The van der Waals surface area contributed by atoms with Gasteiger partial charge in [-0.2, -0.15) is 0 Å². The minimum Gasteiger partial charge on any atom is -0.265 e. The molecule has 0 unspecified atom stereocenters. The van der Waals surface area contributed by atoms with E-state index in [4.69, 9.17) is 0 Å². The van der Waals surface area contributed by atoms with Crippen LogP contribution in [0.5, 0.6) is 0 Å². The Labute approximate surface area is 54.5 Å². The van der Waals surface area contributed by atoms with Crippen LogP contribution in [0.3, 0.4) is 0 Å². The highest BCUT2D eigenvalue weighted by Crippen LogP contribution is 1.89. The lowest BCUT2D eigenvalue weighted by Gasteiger charge is -1.87. The van der Waals surface area contributed by atoms with Gasteiger partial charge in [-0.3, -0.25) is 10.1 Å². The Morgan fingerprint density at radius 3 is 2.78 bits per heavy atom. The Hall–Kier alpha value is -0.860. The molecule has 0 aliphatic carbocycles. The first-order valence-corrected chi connectivity index (χ1v) is 3.00. The van der Waals surface area contributed by atoms with Gasteiger partial charge < -0.3 is 0 Å². The predicted octanol–water partition coefficient (Wildman–Crippen LogP) is 1.62. The van der Waals surface area contributed by atoms with Gasteiger partial charge in [0.05, 0.1) is 0 Å². The molecular formula is C6H11NO2. The first kappa shape index (κ1) is 8.14. The van der Waals surface area contributed by atoms with Crippen LogP contribution < -0.4 is 0 Å². The third-order valence-electron chi connectivity index (χ3n) is 0.947. The molecule has 0 aliphatic rings. The Kier molecular flexibility index (Phi) is 4.78. The fourth-order valence-electron chi connectivity index (χ4n) is 0.505. The molecule has 0 aromatic carbocycles. The van der Waals surface area contributed by atoms with E-state index in [0.717, 1.165) is 6.42 Å². The third-order valence-corrected chi connectivity index (χ3v) is 0.947. The van der Waals surface area contributed by atoms with E-state index in [0.29, 0.717) is 6.42 Å². The van der Waals surface area contributed by atoms with Gasteiger partial charge in [-0.1, -0.05) is 12.2 Å². The van der Waals surface area contributed by atoms with E-state index in [1.54, 1.807) is 0 Å². The quantitative estimate of drug-likeness (QED) is 0.250. The van der Waals surface area contributed by atoms with Crippen LogP contribution in [-0.4, -0.2) is 11.5 Å². The molecule has 0 saturated carbocycles. The second kappa shape index (κ2) is 5.28. The zero-order valence-electron chi connectivity index (χ0n) is 5.54. The summed E-state index contributed by atoms with van der Waals surface area (Å²) in [5.74, 6) is 0. The van der Waals surface area contributed by atoms with Gasteiger partial charge in [0.2, 0.25) is 6.54 Å². The minimum absolute atomic E-state index is 0.0876. The number of hydrogen-bond acceptors (Lipinski definition) is 2. The molecule has 0 radical (unpaired) electrons. The normalized spacial score (nSPS) is 10.3. The Morgan fingerprint density at radius 2 is 2.33 bits per heavy atom. The summed E-state index contributed by atoms with van der Waals surface area (Å²) in [5, 5.41) is 9.74. The molecule has 0 spiro atoms. The largest absolute Gasteiger partial charge is 0.265 e. The van der Waals surface area contributed by atoms with Gasteiger partial charge in [-0.15, -0.1) is 0 Å². The van der Waals surface area contributed by atoms with E-state index in [9.17, 15) is 10.1 Å². The van der Waals surface area contributed by atoms with E-state index in [1.807, 2.05) is 19.1 Å². The molecule has 0 N–H and O–H groups in total. The van der Waals surface area contributed by atoms with Crippen molar-refractivity contribution in [1.82, 2.24) is 0 Å². The Morgan fingerprint density at radius 1 is 1.67 bits per heavy atom. The molecule has 0 fully saturated rings. The number of nitro groups is 1. The molecule has 3 nitrogen and oxygen atoms in total. The van der Waals surface area contributed by atoms with Gasteiger partial charge in [0.1, 0.15) is 0 Å². The van der Waals surface area contributed by atoms with Crippen LogP contribution in [0.4, 0.5) is 0 Å². The maximum atomic E-state index is 9.74. The standard InChI is InChI=1S/C6H11NO2/c1-2-3-4-5-6-7(8)9/h2-3H,4-6H2,1H3. The van der Waals surface area contributed by atoms with Crippen molar-refractivity contribution in [3.63, 3.8) is 0 Å². The summed E-state index contributed by atoms with van der Waals surface area (Å²) in [6.07, 6.45) is 5.30. The lowest BCUT2D eigenvalue weighted by atomic mass is 10.3. The van der Waals surface area contributed by atoms with Crippen LogP contribution in [0.2, 0.25) is 0 Å². The second-order valence-corrected chi connectivity index (χ2v) is 1.77. The smallest absolute Gasteiger partial charge is 0.204 e. The van der Waals surface area contributed by atoms with E-state index in [2.05, 4.69) is 0 Å². The van der Waals surface area contributed by atoms with Crippen molar-refractivity contribution in [3.05, 3.63) is 22.3 Å². The molecule has 0 aliphatic heterocycles. The summed E-state index contributed by atoms with van der Waals surface area (Å²) in [7, 11) is 0. The van der Waals surface area contributed by atoms with Crippen molar-refractivity contribution in [3.8, 4) is 0 Å². The van der Waals surface area contributed by atoms with Crippen LogP contribution in [-0.2, 0) is 0 Å². The summed E-state index contributed by atoms with van der Waals surface area (Å²) >= 11 is 0. The van der Waals surface area contributed by atoms with Gasteiger partial charge in [-0.25, -0.2) is 0 Å². The van der Waals surface area contributed by atoms with Gasteiger partial charge in [-0.05, 0) is 13.3 Å². The van der Waals surface area contributed by atoms with Crippen LogP contribution in [0.1, 0.15) is 19.8 Å². The molecule has 3 heteroatoms. The van der Waals surface area contributed by atoms with E-state index >= 15 is 0 Å². The first-order valence-electron chi connectivity index (χ1n) is 3.00. The molecular weight excluding hydrogens is 118 g/mol. The lowest BCUT2D eigenvalue weighted by Crippen LogP contribution is -1.98. The Balaban J connectivity index is 3.01. The van der Waals surface area contributed by atoms with Crippen molar-refractivity contribution < 1.29 is 4.92 Å². The van der Waals surface area contributed by atoms with Gasteiger partial charge in [0.25, 0.3) is 0 Å². The van der Waals surface area contributed by atoms with Gasteiger partial charge in [0.15, 0.2) is 0 Å². The fourth-order valence-corrected chi connectivity index (χ4v) is 0.505. The van der Waals surface area contributed by atoms with Gasteiger partial charge >= 0.3 is 0 Å². The van der Waals surface area contributed by atoms with Crippen molar-refractivity contribution in [2.75, 3.05) is 6.54 Å². The zero-order valence-corrected chi connectivity index (χ0v) is 5.54. The number of rotatable bonds is 4. The maximum absolute atomic E-state index is 9.74. The Bertz CT molecular complexity index is 110. The molecule has 0 bridgehead atoms. The second-order valence-electron chi connectivity index (χ2n) is 1.77. The molecule has 9 heavy (non-hydrogen) atoms. The molecule has 0 heterocycles. The monoisotopic (exact) mass is 129 g/mol. The third kappa shape index (κ3) is 7.14. The number of nitrogens with zero attached hydrogens (tertiary/aromatic N) is 1. The lowest BCUT2D eigenvalue weighted by molar-refractivity contribution is -0.480. The molecule has 52 valence electrons. The van der Waals surface area contributed by atoms with Crippen molar-refractivity contribution in [1.29, 1.82) is 0 Å². The zero-order chi connectivity index (χ0) is 7.11. The molecule has 0 saturated heterocycles. The molecule has 0 rings (SSSR count). The van der Waals surface area contributed by atoms with E-state index in [1.165, 1.54) is 0 Å². The highest BCUT2D eigenvalue weighted by Gasteiger charge is 1.91. The number of hydrogen-bond donors (Lipinski definition) is 0. The van der Waals surface area contributed by atoms with Crippen LogP contribution in [0, 0.1) is 10.1 Å². The summed E-state index contributed by atoms with van der Waals surface area (Å²) in [6, 6.07) is 0. The minimum atomic E-state index is -0.288.